The van der Waals surface area contributed by atoms with Crippen LogP contribution in [0.4, 0.5) is 9.59 Å². The van der Waals surface area contributed by atoms with Gasteiger partial charge in [-0.05, 0) is 63.1 Å². The monoisotopic (exact) mass is 505 g/mol. The molecule has 1 aromatic carbocycles. The minimum Gasteiger partial charge on any atom is -0.445 e. The summed E-state index contributed by atoms with van der Waals surface area (Å²) in [5.74, 6) is 1.28. The highest BCUT2D eigenvalue weighted by molar-refractivity contribution is 5.76. The van der Waals surface area contributed by atoms with Gasteiger partial charge in [0.05, 0.1) is 5.52 Å². The Morgan fingerprint density at radius 3 is 2.41 bits per heavy atom. The molecule has 0 radical (unpaired) electrons. The van der Waals surface area contributed by atoms with E-state index < -0.39 is 5.60 Å². The summed E-state index contributed by atoms with van der Waals surface area (Å²) < 4.78 is 11.0. The summed E-state index contributed by atoms with van der Waals surface area (Å²) >= 11 is 0. The minimum absolute atomic E-state index is 0.111. The minimum atomic E-state index is -0.494. The van der Waals surface area contributed by atoms with Gasteiger partial charge in [-0.3, -0.25) is 0 Å². The van der Waals surface area contributed by atoms with E-state index in [1.165, 1.54) is 5.56 Å². The van der Waals surface area contributed by atoms with E-state index >= 15 is 0 Å². The van der Waals surface area contributed by atoms with Crippen molar-refractivity contribution in [3.05, 3.63) is 59.5 Å². The van der Waals surface area contributed by atoms with E-state index in [2.05, 4.69) is 16.0 Å². The maximum atomic E-state index is 12.6. The molecule has 9 nitrogen and oxygen atoms in total. The van der Waals surface area contributed by atoms with E-state index in [4.69, 9.17) is 14.5 Å². The first-order valence-corrected chi connectivity index (χ1v) is 13.0. The molecule has 0 bridgehead atoms. The Hall–Kier alpha value is -3.62. The zero-order valence-corrected chi connectivity index (χ0v) is 21.8. The quantitative estimate of drug-likeness (QED) is 0.523. The fourth-order valence-electron chi connectivity index (χ4n) is 5.14. The van der Waals surface area contributed by atoms with Crippen LogP contribution < -0.4 is 0 Å². The molecule has 2 saturated heterocycles. The Morgan fingerprint density at radius 2 is 1.68 bits per heavy atom. The highest BCUT2D eigenvalue weighted by atomic mass is 16.6. The summed E-state index contributed by atoms with van der Waals surface area (Å²) in [6.45, 7) is 8.46. The fraction of sp³-hybridized carbons (Fsp3) is 0.500. The predicted molar refractivity (Wildman–Crippen MR) is 139 cm³/mol. The molecule has 1 unspecified atom stereocenters. The first-order valence-electron chi connectivity index (χ1n) is 13.0. The van der Waals surface area contributed by atoms with Gasteiger partial charge >= 0.3 is 12.2 Å². The van der Waals surface area contributed by atoms with Crippen LogP contribution >= 0.6 is 0 Å². The zero-order valence-electron chi connectivity index (χ0n) is 21.8. The smallest absolute Gasteiger partial charge is 0.410 e. The molecular weight excluding hydrogens is 470 g/mol. The summed E-state index contributed by atoms with van der Waals surface area (Å²) in [5, 5.41) is 0. The second-order valence-electron chi connectivity index (χ2n) is 10.9. The van der Waals surface area contributed by atoms with Gasteiger partial charge in [-0.1, -0.05) is 30.3 Å². The summed E-state index contributed by atoms with van der Waals surface area (Å²) in [6, 6.07) is 11.8. The number of benzene rings is 1. The fourth-order valence-corrected chi connectivity index (χ4v) is 5.14. The lowest BCUT2D eigenvalue weighted by atomic mass is 9.89. The standard InChI is InChI=1S/C28H35N5O4/c1-28(2,3)37-27(35)32-14-10-20(11-15-32)22-9-13-29-25-23(22)30-24(31-25)21-12-16-33(17-21)26(34)36-18-19-7-5-4-6-8-19/h4-9,13,20-21H,10-12,14-18H2,1-3H3,(H,29,30,31). The van der Waals surface area contributed by atoms with E-state index in [0.717, 1.165) is 36.2 Å². The van der Waals surface area contributed by atoms with Gasteiger partial charge in [0.15, 0.2) is 5.65 Å². The van der Waals surface area contributed by atoms with E-state index in [9.17, 15) is 9.59 Å². The molecule has 1 atom stereocenters. The number of amides is 2. The maximum absolute atomic E-state index is 12.6. The molecule has 1 N–H and O–H groups in total. The van der Waals surface area contributed by atoms with Crippen molar-refractivity contribution in [1.29, 1.82) is 0 Å². The highest BCUT2D eigenvalue weighted by Crippen LogP contribution is 2.34. The lowest BCUT2D eigenvalue weighted by Crippen LogP contribution is -2.41. The number of fused-ring (bicyclic) bond motifs is 1. The molecule has 196 valence electrons. The van der Waals surface area contributed by atoms with E-state index in [1.807, 2.05) is 57.3 Å². The van der Waals surface area contributed by atoms with Crippen molar-refractivity contribution in [1.82, 2.24) is 24.8 Å². The number of hydrogen-bond donors (Lipinski definition) is 1. The van der Waals surface area contributed by atoms with Crippen LogP contribution in [0.2, 0.25) is 0 Å². The number of rotatable bonds is 4. The van der Waals surface area contributed by atoms with Crippen LogP contribution in [0.25, 0.3) is 11.2 Å². The third-order valence-electron chi connectivity index (χ3n) is 7.07. The molecule has 0 aliphatic carbocycles. The van der Waals surface area contributed by atoms with Crippen molar-refractivity contribution in [3.8, 4) is 0 Å². The molecule has 3 aromatic rings. The lowest BCUT2D eigenvalue weighted by molar-refractivity contribution is 0.0205. The number of aromatic nitrogens is 3. The number of carbonyl (C=O) groups is 2. The molecule has 5 rings (SSSR count). The van der Waals surface area contributed by atoms with Gasteiger partial charge in [0, 0.05) is 38.3 Å². The first kappa shape index (κ1) is 25.0. The van der Waals surface area contributed by atoms with Gasteiger partial charge in [-0.25, -0.2) is 19.6 Å². The lowest BCUT2D eigenvalue weighted by Gasteiger charge is -2.33. The van der Waals surface area contributed by atoms with E-state index in [-0.39, 0.29) is 24.7 Å². The molecule has 2 aliphatic rings. The Bertz CT molecular complexity index is 1240. The van der Waals surface area contributed by atoms with Crippen molar-refractivity contribution < 1.29 is 19.1 Å². The van der Waals surface area contributed by atoms with Gasteiger partial charge in [0.25, 0.3) is 0 Å². The Kier molecular flexibility index (Phi) is 7.04. The van der Waals surface area contributed by atoms with Crippen LogP contribution in [-0.2, 0) is 16.1 Å². The molecule has 37 heavy (non-hydrogen) atoms. The number of carbonyl (C=O) groups excluding carboxylic acids is 2. The maximum Gasteiger partial charge on any atom is 0.410 e. The number of piperidine rings is 1. The van der Waals surface area contributed by atoms with Crippen LogP contribution in [0.5, 0.6) is 0 Å². The molecule has 9 heteroatoms. The van der Waals surface area contributed by atoms with Gasteiger partial charge in [-0.2, -0.15) is 0 Å². The number of likely N-dealkylation sites (tertiary alicyclic amines) is 2. The normalized spacial score (nSPS) is 18.8. The number of nitrogens with one attached hydrogen (secondary N) is 1. The number of H-pyrrole nitrogens is 1. The molecule has 2 amide bonds. The number of pyridine rings is 1. The molecule has 2 fully saturated rings. The van der Waals surface area contributed by atoms with Crippen molar-refractivity contribution >= 4 is 23.4 Å². The summed E-state index contributed by atoms with van der Waals surface area (Å²) in [4.78, 5) is 41.4. The number of imidazole rings is 1. The Morgan fingerprint density at radius 1 is 0.973 bits per heavy atom. The zero-order chi connectivity index (χ0) is 26.0. The molecule has 0 spiro atoms. The van der Waals surface area contributed by atoms with E-state index in [1.54, 1.807) is 9.80 Å². The summed E-state index contributed by atoms with van der Waals surface area (Å²) in [7, 11) is 0. The number of aromatic amines is 1. The largest absolute Gasteiger partial charge is 0.445 e. The van der Waals surface area contributed by atoms with Crippen LogP contribution in [0.3, 0.4) is 0 Å². The van der Waals surface area contributed by atoms with Gasteiger partial charge < -0.3 is 24.3 Å². The van der Waals surface area contributed by atoms with Crippen LogP contribution in [0, 0.1) is 0 Å². The predicted octanol–water partition coefficient (Wildman–Crippen LogP) is 5.20. The topological polar surface area (TPSA) is 101 Å². The van der Waals surface area contributed by atoms with Crippen LogP contribution in [0.15, 0.2) is 42.6 Å². The number of nitrogens with zero attached hydrogens (tertiary/aromatic N) is 4. The molecule has 2 aromatic heterocycles. The van der Waals surface area contributed by atoms with Crippen molar-refractivity contribution in [2.45, 2.75) is 64.1 Å². The first-order chi connectivity index (χ1) is 17.8. The average molecular weight is 506 g/mol. The second kappa shape index (κ2) is 10.4. The van der Waals surface area contributed by atoms with Gasteiger partial charge in [0.2, 0.25) is 0 Å². The number of hydrogen-bond acceptors (Lipinski definition) is 6. The van der Waals surface area contributed by atoms with E-state index in [0.29, 0.717) is 37.7 Å². The van der Waals surface area contributed by atoms with Crippen LogP contribution in [-0.4, -0.2) is 68.7 Å². The highest BCUT2D eigenvalue weighted by Gasteiger charge is 2.32. The second-order valence-corrected chi connectivity index (χ2v) is 10.9. The molecule has 4 heterocycles. The summed E-state index contributed by atoms with van der Waals surface area (Å²) in [5.41, 5.74) is 3.32. The SMILES string of the molecule is CC(C)(C)OC(=O)N1CCC(c2ccnc3nc(C4CCN(C(=O)OCc5ccccc5)C4)[nH]c23)CC1. The third-order valence-corrected chi connectivity index (χ3v) is 7.07. The molecule has 0 saturated carbocycles. The Labute approximate surface area is 217 Å². The van der Waals surface area contributed by atoms with Crippen molar-refractivity contribution in [2.75, 3.05) is 26.2 Å². The van der Waals surface area contributed by atoms with Crippen LogP contribution in [0.1, 0.15) is 68.8 Å². The summed E-state index contributed by atoms with van der Waals surface area (Å²) in [6.07, 6.45) is 3.81. The average Bonchev–Trinajstić information content (AvgIpc) is 3.54. The van der Waals surface area contributed by atoms with Gasteiger partial charge in [-0.15, -0.1) is 0 Å². The third kappa shape index (κ3) is 5.87. The Balaban J connectivity index is 1.21. The van der Waals surface area contributed by atoms with Gasteiger partial charge in [0.1, 0.15) is 18.0 Å². The van der Waals surface area contributed by atoms with Crippen molar-refractivity contribution in [3.63, 3.8) is 0 Å². The molecule has 2 aliphatic heterocycles. The van der Waals surface area contributed by atoms with Crippen molar-refractivity contribution in [2.24, 2.45) is 0 Å². The molecular formula is C28H35N5O4. The number of ether oxygens (including phenoxy) is 2.